The van der Waals surface area contributed by atoms with Gasteiger partial charge in [-0.2, -0.15) is 13.2 Å². The summed E-state index contributed by atoms with van der Waals surface area (Å²) in [6, 6.07) is 6.66. The lowest BCUT2D eigenvalue weighted by molar-refractivity contribution is -0.105. The Kier molecular flexibility index (Phi) is 7.08. The van der Waals surface area contributed by atoms with Gasteiger partial charge in [-0.15, -0.1) is 23.4 Å². The van der Waals surface area contributed by atoms with Crippen molar-refractivity contribution in [3.63, 3.8) is 0 Å². The molecule has 0 N–H and O–H groups in total. The molecule has 0 saturated heterocycles. The van der Waals surface area contributed by atoms with Crippen molar-refractivity contribution >= 4 is 23.4 Å². The summed E-state index contributed by atoms with van der Waals surface area (Å²) in [6.07, 6.45) is -0.499. The summed E-state index contributed by atoms with van der Waals surface area (Å²) in [5.41, 5.74) is 1.78. The van der Waals surface area contributed by atoms with E-state index in [0.717, 1.165) is 53.5 Å². The zero-order valence-electron chi connectivity index (χ0n) is 10.8. The summed E-state index contributed by atoms with van der Waals surface area (Å²) in [4.78, 5) is 0.727. The minimum Gasteiger partial charge on any atom is -0.170 e. The van der Waals surface area contributed by atoms with Gasteiger partial charge in [0.1, 0.15) is 0 Å². The van der Waals surface area contributed by atoms with Crippen molar-refractivity contribution in [3.05, 3.63) is 29.3 Å². The van der Waals surface area contributed by atoms with Crippen LogP contribution >= 0.6 is 23.4 Å². The van der Waals surface area contributed by atoms with E-state index >= 15 is 0 Å². The van der Waals surface area contributed by atoms with Crippen molar-refractivity contribution in [1.82, 2.24) is 0 Å². The van der Waals surface area contributed by atoms with Crippen LogP contribution in [0, 0.1) is 13.0 Å². The molecule has 1 aromatic carbocycles. The first-order chi connectivity index (χ1) is 8.94. The smallest absolute Gasteiger partial charge is 0.170 e. The van der Waals surface area contributed by atoms with Crippen LogP contribution < -0.4 is 0 Å². The lowest BCUT2D eigenvalue weighted by Gasteiger charge is -2.13. The number of hydrogen-bond acceptors (Lipinski definition) is 1. The summed E-state index contributed by atoms with van der Waals surface area (Å²) < 4.78 is 36.9. The summed E-state index contributed by atoms with van der Waals surface area (Å²) in [6.45, 7) is 1.84. The van der Waals surface area contributed by atoms with Crippen molar-refractivity contribution in [2.24, 2.45) is 0 Å². The zero-order chi connectivity index (χ0) is 14.3. The number of rotatable bonds is 7. The molecule has 5 heteroatoms. The summed E-state index contributed by atoms with van der Waals surface area (Å²) in [7, 11) is 0. The molecule has 0 bridgehead atoms. The van der Waals surface area contributed by atoms with Crippen molar-refractivity contribution in [2.75, 3.05) is 11.6 Å². The van der Waals surface area contributed by atoms with Gasteiger partial charge in [0.2, 0.25) is 0 Å². The molecule has 0 saturated carbocycles. The van der Waals surface area contributed by atoms with E-state index in [4.69, 9.17) is 11.6 Å². The molecule has 107 valence electrons. The second-order valence-corrected chi connectivity index (χ2v) is 5.74. The van der Waals surface area contributed by atoms with Gasteiger partial charge in [0.15, 0.2) is 0 Å². The first-order valence-electron chi connectivity index (χ1n) is 6.19. The predicted molar refractivity (Wildman–Crippen MR) is 75.1 cm³/mol. The van der Waals surface area contributed by atoms with Crippen molar-refractivity contribution in [2.45, 2.75) is 43.7 Å². The Hall–Kier alpha value is -0.350. The van der Waals surface area contributed by atoms with Gasteiger partial charge in [-0.05, 0) is 43.4 Å². The van der Waals surface area contributed by atoms with Gasteiger partial charge in [0.25, 0.3) is 0 Å². The molecule has 0 aliphatic rings. The Bertz CT molecular complexity index is 391. The highest BCUT2D eigenvalue weighted by Crippen LogP contribution is 2.32. The molecule has 0 heterocycles. The van der Waals surface area contributed by atoms with E-state index in [0.29, 0.717) is 5.88 Å². The molecule has 0 fully saturated rings. The molecule has 0 atom stereocenters. The highest BCUT2D eigenvalue weighted by molar-refractivity contribution is 7.99. The van der Waals surface area contributed by atoms with Crippen LogP contribution in [-0.2, 0) is 6.42 Å². The molecule has 0 aromatic heterocycles. The van der Waals surface area contributed by atoms with E-state index in [1.54, 1.807) is 12.1 Å². The Balaban J connectivity index is 2.66. The lowest BCUT2D eigenvalue weighted by Crippen LogP contribution is -2.11. The van der Waals surface area contributed by atoms with Gasteiger partial charge in [0.05, 0.1) is 5.75 Å². The van der Waals surface area contributed by atoms with Gasteiger partial charge in [-0.3, -0.25) is 0 Å². The van der Waals surface area contributed by atoms with E-state index in [2.05, 4.69) is 6.07 Å². The van der Waals surface area contributed by atoms with Crippen LogP contribution in [0.2, 0.25) is 0 Å². The molecule has 1 radical (unpaired) electrons. The predicted octanol–water partition coefficient (Wildman–Crippen LogP) is 5.40. The first kappa shape index (κ1) is 16.7. The molecule has 0 unspecified atom stereocenters. The number of halogens is 4. The van der Waals surface area contributed by atoms with Gasteiger partial charge < -0.3 is 0 Å². The average molecular weight is 310 g/mol. The monoisotopic (exact) mass is 309 g/mol. The third-order valence-electron chi connectivity index (χ3n) is 2.66. The fraction of sp³-hybridized carbons (Fsp3) is 0.571. The Morgan fingerprint density at radius 1 is 1.26 bits per heavy atom. The lowest BCUT2D eigenvalue weighted by atomic mass is 10.0. The first-order valence-corrected chi connectivity index (χ1v) is 7.71. The maximum atomic E-state index is 12.3. The van der Waals surface area contributed by atoms with Crippen LogP contribution in [0.4, 0.5) is 13.2 Å². The molecule has 0 aliphatic carbocycles. The average Bonchev–Trinajstić information content (AvgIpc) is 2.32. The van der Waals surface area contributed by atoms with E-state index in [1.807, 2.05) is 6.92 Å². The fourth-order valence-electron chi connectivity index (χ4n) is 1.76. The van der Waals surface area contributed by atoms with E-state index in [1.165, 1.54) is 0 Å². The van der Waals surface area contributed by atoms with Crippen molar-refractivity contribution in [3.8, 4) is 0 Å². The molecule has 1 aromatic rings. The van der Waals surface area contributed by atoms with Crippen LogP contribution in [0.5, 0.6) is 0 Å². The van der Waals surface area contributed by atoms with E-state index in [-0.39, 0.29) is 0 Å². The fourth-order valence-corrected chi connectivity index (χ4v) is 2.89. The minimum atomic E-state index is -4.14. The molecule has 0 amide bonds. The minimum absolute atomic E-state index is 0.632. The normalized spacial score (nSPS) is 11.8. The highest BCUT2D eigenvalue weighted by atomic mass is 35.5. The molecule has 0 spiro atoms. The second kappa shape index (κ2) is 8.05. The van der Waals surface area contributed by atoms with Gasteiger partial charge in [-0.1, -0.05) is 18.6 Å². The standard InChI is InChI=1S/C14H17ClF3S/c1-11-6-5-8-12(7-3-2-4-9-15)13(11)19-10-14(16,17)18/h5-6H,2-4,7,9-10H2,1H3. The van der Waals surface area contributed by atoms with E-state index in [9.17, 15) is 13.2 Å². The van der Waals surface area contributed by atoms with Crippen LogP contribution in [0.3, 0.4) is 0 Å². The second-order valence-electron chi connectivity index (χ2n) is 4.37. The van der Waals surface area contributed by atoms with Crippen LogP contribution in [0.25, 0.3) is 0 Å². The molecule has 0 nitrogen and oxygen atoms in total. The molecule has 19 heavy (non-hydrogen) atoms. The Morgan fingerprint density at radius 3 is 2.63 bits per heavy atom. The van der Waals surface area contributed by atoms with Crippen LogP contribution in [-0.4, -0.2) is 17.8 Å². The SMILES string of the molecule is Cc1cc[c]c(CCCCCCl)c1SCC(F)(F)F. The van der Waals surface area contributed by atoms with Gasteiger partial charge in [0, 0.05) is 10.8 Å². The number of benzene rings is 1. The molecular formula is C14H17ClF3S. The molecule has 1 rings (SSSR count). The third kappa shape index (κ3) is 6.57. The summed E-state index contributed by atoms with van der Waals surface area (Å²) in [5.74, 6) is -0.215. The van der Waals surface area contributed by atoms with E-state index < -0.39 is 11.9 Å². The van der Waals surface area contributed by atoms with Crippen molar-refractivity contribution < 1.29 is 13.2 Å². The van der Waals surface area contributed by atoms with Crippen LogP contribution in [0.15, 0.2) is 17.0 Å². The zero-order valence-corrected chi connectivity index (χ0v) is 12.4. The number of alkyl halides is 4. The largest absolute Gasteiger partial charge is 0.398 e. The summed E-state index contributed by atoms with van der Waals surface area (Å²) >= 11 is 6.46. The van der Waals surface area contributed by atoms with Crippen LogP contribution in [0.1, 0.15) is 30.4 Å². The molecular weight excluding hydrogens is 293 g/mol. The summed E-state index contributed by atoms with van der Waals surface area (Å²) in [5, 5.41) is 0. The quantitative estimate of drug-likeness (QED) is 0.369. The molecule has 0 aliphatic heterocycles. The highest BCUT2D eigenvalue weighted by Gasteiger charge is 2.28. The number of hydrogen-bond donors (Lipinski definition) is 0. The topological polar surface area (TPSA) is 0 Å². The third-order valence-corrected chi connectivity index (χ3v) is 4.26. The number of aryl methyl sites for hydroxylation is 2. The van der Waals surface area contributed by atoms with Gasteiger partial charge in [-0.25, -0.2) is 0 Å². The maximum absolute atomic E-state index is 12.3. The number of unbranched alkanes of at least 4 members (excludes halogenated alkanes) is 2. The maximum Gasteiger partial charge on any atom is 0.398 e. The van der Waals surface area contributed by atoms with Gasteiger partial charge >= 0.3 is 6.18 Å². The Morgan fingerprint density at radius 2 is 2.00 bits per heavy atom. The number of thioether (sulfide) groups is 1. The van der Waals surface area contributed by atoms with Crippen molar-refractivity contribution in [1.29, 1.82) is 0 Å². The Labute approximate surface area is 121 Å².